The molecule has 0 spiro atoms. The van der Waals surface area contributed by atoms with Crippen LogP contribution in [0.2, 0.25) is 0 Å². The number of aromatic nitrogens is 5. The number of carbonyl (C=O) groups excluding carboxylic acids is 1. The predicted molar refractivity (Wildman–Crippen MR) is 92.9 cm³/mol. The molecule has 0 saturated carbocycles. The van der Waals surface area contributed by atoms with E-state index >= 15 is 0 Å². The summed E-state index contributed by atoms with van der Waals surface area (Å²) in [5, 5.41) is 5.39. The van der Waals surface area contributed by atoms with E-state index in [0.29, 0.717) is 27.5 Å². The minimum absolute atomic E-state index is 0.225. The van der Waals surface area contributed by atoms with Crippen LogP contribution < -0.4 is 11.0 Å². The monoisotopic (exact) mass is 346 g/mol. The van der Waals surface area contributed by atoms with Gasteiger partial charge in [0.2, 0.25) is 11.1 Å². The summed E-state index contributed by atoms with van der Waals surface area (Å²) in [6.07, 6.45) is 1.47. The first-order chi connectivity index (χ1) is 11.4. The minimum atomic E-state index is -0.339. The van der Waals surface area contributed by atoms with E-state index in [0.717, 1.165) is 5.75 Å². The van der Waals surface area contributed by atoms with Crippen LogP contribution >= 0.6 is 11.8 Å². The summed E-state index contributed by atoms with van der Waals surface area (Å²) in [6.45, 7) is 7.31. The molecular weight excluding hydrogens is 328 g/mol. The highest BCUT2D eigenvalue weighted by molar-refractivity contribution is 7.99. The maximum atomic E-state index is 12.7. The number of amides is 1. The van der Waals surface area contributed by atoms with E-state index < -0.39 is 0 Å². The van der Waals surface area contributed by atoms with Gasteiger partial charge in [0.25, 0.3) is 11.3 Å². The highest BCUT2D eigenvalue weighted by atomic mass is 32.2. The van der Waals surface area contributed by atoms with E-state index in [1.165, 1.54) is 22.6 Å². The number of hydrogen-bond acceptors (Lipinski definition) is 6. The third-order valence-electron chi connectivity index (χ3n) is 3.54. The maximum Gasteiger partial charge on any atom is 0.280 e. The van der Waals surface area contributed by atoms with Crippen LogP contribution in [0.3, 0.4) is 0 Å². The molecule has 0 aliphatic heterocycles. The van der Waals surface area contributed by atoms with Crippen molar-refractivity contribution in [3.05, 3.63) is 28.3 Å². The number of rotatable bonds is 4. The maximum absolute atomic E-state index is 12.7. The quantitative estimate of drug-likeness (QED) is 0.721. The number of fused-ring (bicyclic) bond motifs is 3. The van der Waals surface area contributed by atoms with Crippen LogP contribution in [-0.2, 0) is 4.79 Å². The lowest BCUT2D eigenvalue weighted by Crippen LogP contribution is -2.36. The van der Waals surface area contributed by atoms with E-state index in [-0.39, 0.29) is 17.4 Å². The summed E-state index contributed by atoms with van der Waals surface area (Å²) >= 11 is 1.51. The zero-order valence-corrected chi connectivity index (χ0v) is 14.7. The summed E-state index contributed by atoms with van der Waals surface area (Å²) in [4.78, 5) is 33.2. The van der Waals surface area contributed by atoms with Crippen molar-refractivity contribution < 1.29 is 4.79 Å². The molecule has 126 valence electrons. The molecule has 24 heavy (non-hydrogen) atoms. The van der Waals surface area contributed by atoms with Crippen molar-refractivity contribution in [2.75, 3.05) is 11.2 Å². The molecule has 9 heteroatoms. The average Bonchev–Trinajstić information content (AvgIpc) is 2.94. The van der Waals surface area contributed by atoms with Crippen LogP contribution in [0, 0.1) is 12.8 Å². The van der Waals surface area contributed by atoms with Gasteiger partial charge in [0.1, 0.15) is 0 Å². The van der Waals surface area contributed by atoms with Gasteiger partial charge in [0.15, 0.2) is 0 Å². The lowest BCUT2D eigenvalue weighted by atomic mass is 10.2. The summed E-state index contributed by atoms with van der Waals surface area (Å²) in [5.74, 6) is 0.843. The van der Waals surface area contributed by atoms with E-state index in [1.54, 1.807) is 31.4 Å². The zero-order valence-electron chi connectivity index (χ0n) is 13.9. The fraction of sp³-hybridized carbons (Fsp3) is 0.400. The zero-order chi connectivity index (χ0) is 17.4. The van der Waals surface area contributed by atoms with Crippen LogP contribution in [0.1, 0.15) is 26.5 Å². The number of carbonyl (C=O) groups is 1. The Morgan fingerprint density at radius 2 is 2.17 bits per heavy atom. The Bertz CT molecular complexity index is 991. The van der Waals surface area contributed by atoms with Gasteiger partial charge in [-0.1, -0.05) is 32.5 Å². The van der Waals surface area contributed by atoms with Gasteiger partial charge in [0, 0.05) is 17.8 Å². The van der Waals surface area contributed by atoms with Crippen molar-refractivity contribution in [2.24, 2.45) is 5.92 Å². The van der Waals surface area contributed by atoms with E-state index in [1.807, 2.05) is 6.92 Å². The van der Waals surface area contributed by atoms with Gasteiger partial charge >= 0.3 is 0 Å². The highest BCUT2D eigenvalue weighted by Crippen LogP contribution is 2.17. The third kappa shape index (κ3) is 2.75. The van der Waals surface area contributed by atoms with Crippen LogP contribution in [-0.4, -0.2) is 35.9 Å². The van der Waals surface area contributed by atoms with E-state index in [4.69, 9.17) is 0 Å². The first kappa shape index (κ1) is 16.4. The number of aryl methyl sites for hydroxylation is 1. The van der Waals surface area contributed by atoms with Crippen LogP contribution in [0.25, 0.3) is 16.7 Å². The van der Waals surface area contributed by atoms with Gasteiger partial charge in [-0.3, -0.25) is 15.0 Å². The Morgan fingerprint density at radius 1 is 1.42 bits per heavy atom. The molecule has 3 heterocycles. The van der Waals surface area contributed by atoms with Crippen molar-refractivity contribution in [1.29, 1.82) is 0 Å². The number of thioether (sulfide) groups is 1. The molecule has 0 aromatic carbocycles. The molecule has 8 nitrogen and oxygen atoms in total. The van der Waals surface area contributed by atoms with Crippen molar-refractivity contribution in [3.63, 3.8) is 0 Å². The number of hydrogen-bond donors (Lipinski definition) is 1. The van der Waals surface area contributed by atoms with Gasteiger partial charge < -0.3 is 0 Å². The minimum Gasteiger partial charge on any atom is -0.273 e. The molecule has 0 saturated heterocycles. The van der Waals surface area contributed by atoms with Gasteiger partial charge in [-0.25, -0.2) is 9.66 Å². The summed E-state index contributed by atoms with van der Waals surface area (Å²) < 4.78 is 2.81. The van der Waals surface area contributed by atoms with Crippen molar-refractivity contribution >= 4 is 34.3 Å². The molecule has 0 fully saturated rings. The Morgan fingerprint density at radius 3 is 2.83 bits per heavy atom. The van der Waals surface area contributed by atoms with Crippen LogP contribution in [0.5, 0.6) is 0 Å². The first-order valence-corrected chi connectivity index (χ1v) is 8.62. The molecular formula is C15H18N6O2S. The summed E-state index contributed by atoms with van der Waals surface area (Å²) in [5.41, 5.74) is 3.52. The van der Waals surface area contributed by atoms with Gasteiger partial charge in [-0.15, -0.1) is 5.10 Å². The summed E-state index contributed by atoms with van der Waals surface area (Å²) in [6, 6.07) is 1.79. The Hall–Kier alpha value is -2.42. The topological polar surface area (TPSA) is 94.2 Å². The average molecular weight is 346 g/mol. The van der Waals surface area contributed by atoms with Crippen LogP contribution in [0.15, 0.2) is 22.2 Å². The van der Waals surface area contributed by atoms with Gasteiger partial charge in [0.05, 0.1) is 10.9 Å². The SMILES string of the molecule is CCSc1nc2ncc3c(=O)n(NC(=O)C(C)C)c(C)cc3n2n1. The molecule has 0 bridgehead atoms. The Kier molecular flexibility index (Phi) is 4.27. The predicted octanol–water partition coefficient (Wildman–Crippen LogP) is 1.59. The second-order valence-electron chi connectivity index (χ2n) is 5.65. The number of nitrogens with one attached hydrogen (secondary N) is 1. The molecule has 0 aliphatic carbocycles. The Labute approximate surface area is 142 Å². The fourth-order valence-electron chi connectivity index (χ4n) is 2.25. The lowest BCUT2D eigenvalue weighted by molar-refractivity contribution is -0.119. The van der Waals surface area contributed by atoms with Crippen molar-refractivity contribution in [1.82, 2.24) is 24.3 Å². The molecule has 0 aliphatic rings. The second kappa shape index (κ2) is 6.23. The third-order valence-corrected chi connectivity index (χ3v) is 4.26. The van der Waals surface area contributed by atoms with Gasteiger partial charge in [-0.05, 0) is 18.7 Å². The molecule has 3 aromatic heterocycles. The number of pyridine rings is 1. The normalized spacial score (nSPS) is 11.5. The molecule has 0 atom stereocenters. The fourth-order valence-corrected chi connectivity index (χ4v) is 2.79. The van der Waals surface area contributed by atoms with Gasteiger partial charge in [-0.2, -0.15) is 9.50 Å². The smallest absolute Gasteiger partial charge is 0.273 e. The van der Waals surface area contributed by atoms with E-state index in [2.05, 4.69) is 20.5 Å². The van der Waals surface area contributed by atoms with Crippen LogP contribution in [0.4, 0.5) is 0 Å². The first-order valence-electron chi connectivity index (χ1n) is 7.64. The van der Waals surface area contributed by atoms with Crippen molar-refractivity contribution in [2.45, 2.75) is 32.9 Å². The lowest BCUT2D eigenvalue weighted by Gasteiger charge is -2.14. The molecule has 1 amide bonds. The molecule has 0 unspecified atom stereocenters. The van der Waals surface area contributed by atoms with Crippen molar-refractivity contribution in [3.8, 4) is 0 Å². The summed E-state index contributed by atoms with van der Waals surface area (Å²) in [7, 11) is 0. The Balaban J connectivity index is 2.21. The van der Waals surface area contributed by atoms with E-state index in [9.17, 15) is 9.59 Å². The standard InChI is InChI=1S/C15H18N6O2S/c1-5-24-15-17-14-16-7-10-11(21(14)19-15)6-9(4)20(13(10)23)18-12(22)8(2)3/h6-8H,5H2,1-4H3,(H,18,22). The highest BCUT2D eigenvalue weighted by Gasteiger charge is 2.15. The second-order valence-corrected chi connectivity index (χ2v) is 6.88. The molecule has 1 N–H and O–H groups in total. The largest absolute Gasteiger partial charge is 0.280 e. The molecule has 3 aromatic rings. The molecule has 0 radical (unpaired) electrons. The number of nitrogens with zero attached hydrogens (tertiary/aromatic N) is 5. The molecule has 3 rings (SSSR count).